The summed E-state index contributed by atoms with van der Waals surface area (Å²) in [5.74, 6) is 0.613. The van der Waals surface area contributed by atoms with Gasteiger partial charge in [-0.1, -0.05) is 56.7 Å². The molecule has 0 amide bonds. The Hall–Kier alpha value is -2.69. The molecule has 0 spiro atoms. The molecule has 0 bridgehead atoms. The van der Waals surface area contributed by atoms with E-state index in [-0.39, 0.29) is 5.69 Å². The van der Waals surface area contributed by atoms with E-state index < -0.39 is 0 Å². The van der Waals surface area contributed by atoms with Crippen LogP contribution in [0.15, 0.2) is 47.3 Å². The lowest BCUT2D eigenvalue weighted by Gasteiger charge is -2.34. The Labute approximate surface area is 190 Å². The van der Waals surface area contributed by atoms with Crippen molar-refractivity contribution in [3.63, 3.8) is 0 Å². The summed E-state index contributed by atoms with van der Waals surface area (Å²) in [6, 6.07) is 15.2. The van der Waals surface area contributed by atoms with E-state index in [1.165, 1.54) is 69.9 Å². The van der Waals surface area contributed by atoms with Crippen LogP contribution in [0.1, 0.15) is 64.2 Å². The summed E-state index contributed by atoms with van der Waals surface area (Å²) in [5.41, 5.74) is 5.29. The monoisotopic (exact) mass is 432 g/mol. The molecule has 0 aliphatic heterocycles. The van der Waals surface area contributed by atoms with E-state index in [9.17, 15) is 4.79 Å². The molecule has 0 saturated heterocycles. The number of hydrogen-bond acceptors (Lipinski definition) is 3. The van der Waals surface area contributed by atoms with Crippen molar-refractivity contribution in [1.29, 1.82) is 0 Å². The molecule has 0 atom stereocenters. The maximum atomic E-state index is 12.9. The molecule has 5 rings (SSSR count). The third-order valence-electron chi connectivity index (χ3n) is 7.61. The minimum absolute atomic E-state index is 0.0219. The van der Waals surface area contributed by atoms with Gasteiger partial charge in [-0.15, -0.1) is 0 Å². The van der Waals surface area contributed by atoms with Crippen molar-refractivity contribution in [1.82, 2.24) is 9.55 Å². The third kappa shape index (κ3) is 4.43. The number of aromatic amines is 1. The highest BCUT2D eigenvalue weighted by molar-refractivity contribution is 5.90. The summed E-state index contributed by atoms with van der Waals surface area (Å²) in [5, 5.41) is 3.62. The van der Waals surface area contributed by atoms with Gasteiger partial charge < -0.3 is 15.2 Å². The van der Waals surface area contributed by atoms with Crippen LogP contribution in [0.3, 0.4) is 0 Å². The summed E-state index contributed by atoms with van der Waals surface area (Å²) in [7, 11) is 2.23. The molecule has 170 valence electrons. The second kappa shape index (κ2) is 9.43. The van der Waals surface area contributed by atoms with Gasteiger partial charge >= 0.3 is 5.69 Å². The van der Waals surface area contributed by atoms with E-state index in [1.54, 1.807) is 0 Å². The topological polar surface area (TPSA) is 53.1 Å². The van der Waals surface area contributed by atoms with Crippen molar-refractivity contribution in [3.05, 3.63) is 52.9 Å². The van der Waals surface area contributed by atoms with Gasteiger partial charge in [0.2, 0.25) is 0 Å². The summed E-state index contributed by atoms with van der Waals surface area (Å²) in [6.07, 6.45) is 12.8. The molecule has 5 heteroatoms. The zero-order chi connectivity index (χ0) is 21.9. The normalized spacial score (nSPS) is 18.2. The Bertz CT molecular complexity index is 1090. The van der Waals surface area contributed by atoms with Crippen LogP contribution in [0.25, 0.3) is 11.0 Å². The van der Waals surface area contributed by atoms with Gasteiger partial charge in [-0.2, -0.15) is 0 Å². The van der Waals surface area contributed by atoms with E-state index in [4.69, 9.17) is 0 Å². The highest BCUT2D eigenvalue weighted by Crippen LogP contribution is 2.36. The highest BCUT2D eigenvalue weighted by Gasteiger charge is 2.23. The van der Waals surface area contributed by atoms with Gasteiger partial charge in [0.05, 0.1) is 22.4 Å². The zero-order valence-electron chi connectivity index (χ0n) is 19.3. The molecule has 32 heavy (non-hydrogen) atoms. The molecule has 2 N–H and O–H groups in total. The first-order chi connectivity index (χ1) is 15.7. The van der Waals surface area contributed by atoms with E-state index in [1.807, 2.05) is 22.8 Å². The van der Waals surface area contributed by atoms with E-state index in [0.29, 0.717) is 12.0 Å². The molecule has 2 fully saturated rings. The number of benzene rings is 2. The van der Waals surface area contributed by atoms with E-state index >= 15 is 0 Å². The van der Waals surface area contributed by atoms with Crippen LogP contribution in [0.4, 0.5) is 17.1 Å². The predicted octanol–water partition coefficient (Wildman–Crippen LogP) is 6.42. The molecule has 2 aliphatic rings. The van der Waals surface area contributed by atoms with Gasteiger partial charge in [0.1, 0.15) is 0 Å². The van der Waals surface area contributed by atoms with Crippen molar-refractivity contribution >= 4 is 28.1 Å². The Morgan fingerprint density at radius 3 is 2.38 bits per heavy atom. The van der Waals surface area contributed by atoms with Crippen molar-refractivity contribution in [2.24, 2.45) is 5.92 Å². The van der Waals surface area contributed by atoms with Gasteiger partial charge in [0, 0.05) is 25.3 Å². The lowest BCUT2D eigenvalue weighted by molar-refractivity contribution is 0.319. The quantitative estimate of drug-likeness (QED) is 0.472. The number of imidazole rings is 1. The van der Waals surface area contributed by atoms with Gasteiger partial charge in [-0.25, -0.2) is 4.79 Å². The molecular formula is C27H36N4O. The standard InChI is InChI=1S/C27H36N4O/c1-30(22-15-9-4-10-16-22)25-18-26-24(17-23(25)28-21-13-7-3-8-14-21)29-27(32)31(26)19-20-11-5-2-6-12-20/h3,7-8,13-14,17-18,20,22,28H,2,4-6,9-12,15-16,19H2,1H3,(H,29,32). The fourth-order valence-corrected chi connectivity index (χ4v) is 5.74. The first kappa shape index (κ1) is 21.2. The first-order valence-corrected chi connectivity index (χ1v) is 12.5. The Morgan fingerprint density at radius 1 is 0.969 bits per heavy atom. The largest absolute Gasteiger partial charge is 0.370 e. The summed E-state index contributed by atoms with van der Waals surface area (Å²) in [4.78, 5) is 18.5. The van der Waals surface area contributed by atoms with Crippen LogP contribution < -0.4 is 15.9 Å². The summed E-state index contributed by atoms with van der Waals surface area (Å²) >= 11 is 0. The molecule has 0 unspecified atom stereocenters. The maximum Gasteiger partial charge on any atom is 0.326 e. The van der Waals surface area contributed by atoms with E-state index in [2.05, 4.69) is 46.5 Å². The SMILES string of the molecule is CN(c1cc2c(cc1Nc1ccccc1)[nH]c(=O)n2CC1CCCCC1)C1CCCCC1. The number of hydrogen-bond donors (Lipinski definition) is 2. The van der Waals surface area contributed by atoms with Crippen molar-refractivity contribution in [2.45, 2.75) is 76.8 Å². The zero-order valence-corrected chi connectivity index (χ0v) is 19.3. The number of anilines is 3. The molecule has 5 nitrogen and oxygen atoms in total. The molecule has 2 aromatic carbocycles. The minimum atomic E-state index is 0.0219. The van der Waals surface area contributed by atoms with Crippen LogP contribution in [0.5, 0.6) is 0 Å². The van der Waals surface area contributed by atoms with Gasteiger partial charge in [0.25, 0.3) is 0 Å². The second-order valence-electron chi connectivity index (χ2n) is 9.83. The van der Waals surface area contributed by atoms with Crippen molar-refractivity contribution < 1.29 is 0 Å². The van der Waals surface area contributed by atoms with Crippen molar-refractivity contribution in [2.75, 3.05) is 17.3 Å². The van der Waals surface area contributed by atoms with Crippen LogP contribution in [0.2, 0.25) is 0 Å². The maximum absolute atomic E-state index is 12.9. The van der Waals surface area contributed by atoms with Gasteiger partial charge in [-0.3, -0.25) is 4.57 Å². The predicted molar refractivity (Wildman–Crippen MR) is 134 cm³/mol. The van der Waals surface area contributed by atoms with Crippen LogP contribution in [-0.4, -0.2) is 22.6 Å². The molecular weight excluding hydrogens is 396 g/mol. The molecule has 1 aromatic heterocycles. The molecule has 1 heterocycles. The number of fused-ring (bicyclic) bond motifs is 1. The third-order valence-corrected chi connectivity index (χ3v) is 7.61. The van der Waals surface area contributed by atoms with Crippen LogP contribution in [0, 0.1) is 5.92 Å². The average molecular weight is 433 g/mol. The first-order valence-electron chi connectivity index (χ1n) is 12.5. The fraction of sp³-hybridized carbons (Fsp3) is 0.519. The van der Waals surface area contributed by atoms with Crippen LogP contribution >= 0.6 is 0 Å². The molecule has 2 aliphatic carbocycles. The lowest BCUT2D eigenvalue weighted by Crippen LogP contribution is -2.33. The Balaban J connectivity index is 1.55. The number of para-hydroxylation sites is 1. The summed E-state index contributed by atoms with van der Waals surface area (Å²) in [6.45, 7) is 0.830. The number of nitrogens with one attached hydrogen (secondary N) is 2. The van der Waals surface area contributed by atoms with Gasteiger partial charge in [-0.05, 0) is 55.9 Å². The average Bonchev–Trinajstić information content (AvgIpc) is 3.14. The Morgan fingerprint density at radius 2 is 1.66 bits per heavy atom. The van der Waals surface area contributed by atoms with Gasteiger partial charge in [0.15, 0.2) is 0 Å². The number of H-pyrrole nitrogens is 1. The number of rotatable bonds is 6. The lowest BCUT2D eigenvalue weighted by atomic mass is 9.89. The second-order valence-corrected chi connectivity index (χ2v) is 9.83. The van der Waals surface area contributed by atoms with Crippen LogP contribution in [-0.2, 0) is 6.54 Å². The minimum Gasteiger partial charge on any atom is -0.370 e. The fourth-order valence-electron chi connectivity index (χ4n) is 5.74. The molecule has 3 aromatic rings. The number of nitrogens with zero attached hydrogens (tertiary/aromatic N) is 2. The Kier molecular flexibility index (Phi) is 6.24. The smallest absolute Gasteiger partial charge is 0.326 e. The van der Waals surface area contributed by atoms with E-state index in [0.717, 1.165) is 29.0 Å². The van der Waals surface area contributed by atoms with Crippen molar-refractivity contribution in [3.8, 4) is 0 Å². The molecule has 2 saturated carbocycles. The molecule has 0 radical (unpaired) electrons. The summed E-state index contributed by atoms with van der Waals surface area (Å²) < 4.78 is 2.00. The number of aromatic nitrogens is 2. The highest BCUT2D eigenvalue weighted by atomic mass is 16.1.